The average molecular weight is 276 g/mol. The number of nitrogens with one attached hydrogen (secondary N) is 1. The van der Waals surface area contributed by atoms with Crippen LogP contribution in [0.15, 0.2) is 18.2 Å². The molecule has 6 heteroatoms. The normalized spacial score (nSPS) is 13.6. The number of alkyl halides is 3. The van der Waals surface area contributed by atoms with Gasteiger partial charge >= 0.3 is 6.18 Å². The number of benzene rings is 1. The topological polar surface area (TPSA) is 58.3 Å². The molecule has 1 unspecified atom stereocenters. The second kappa shape index (κ2) is 6.14. The number of anilines is 2. The zero-order valence-corrected chi connectivity index (χ0v) is 11.0. The fourth-order valence-electron chi connectivity index (χ4n) is 1.76. The standard InChI is InChI=1S/C13H19F3N2O/c1-8(2)5-10(19)7-18-12-4-3-9(6-11(12)17)13(14,15)16/h3-4,6,8,10,18-19H,5,7,17H2,1-2H3. The summed E-state index contributed by atoms with van der Waals surface area (Å²) >= 11 is 0. The molecule has 19 heavy (non-hydrogen) atoms. The van der Waals surface area contributed by atoms with Gasteiger partial charge in [0.2, 0.25) is 0 Å². The van der Waals surface area contributed by atoms with E-state index < -0.39 is 17.8 Å². The van der Waals surface area contributed by atoms with Crippen LogP contribution in [0.5, 0.6) is 0 Å². The molecule has 0 aliphatic carbocycles. The fourth-order valence-corrected chi connectivity index (χ4v) is 1.76. The number of hydrogen-bond donors (Lipinski definition) is 3. The summed E-state index contributed by atoms with van der Waals surface area (Å²) in [6.45, 7) is 4.22. The van der Waals surface area contributed by atoms with Crippen LogP contribution in [-0.2, 0) is 6.18 Å². The second-order valence-electron chi connectivity index (χ2n) is 4.96. The lowest BCUT2D eigenvalue weighted by Crippen LogP contribution is -2.21. The highest BCUT2D eigenvalue weighted by atomic mass is 19.4. The SMILES string of the molecule is CC(C)CC(O)CNc1ccc(C(F)(F)F)cc1N. The van der Waals surface area contributed by atoms with Crippen molar-refractivity contribution in [3.63, 3.8) is 0 Å². The van der Waals surface area contributed by atoms with Gasteiger partial charge < -0.3 is 16.2 Å². The van der Waals surface area contributed by atoms with Gasteiger partial charge in [0, 0.05) is 6.54 Å². The van der Waals surface area contributed by atoms with Gasteiger partial charge in [0.1, 0.15) is 0 Å². The Kier molecular flexibility index (Phi) is 5.05. The van der Waals surface area contributed by atoms with E-state index in [-0.39, 0.29) is 12.2 Å². The molecule has 0 saturated heterocycles. The van der Waals surface area contributed by atoms with E-state index in [1.165, 1.54) is 6.07 Å². The van der Waals surface area contributed by atoms with Crippen molar-refractivity contribution in [1.29, 1.82) is 0 Å². The average Bonchev–Trinajstić information content (AvgIpc) is 2.25. The van der Waals surface area contributed by atoms with Gasteiger partial charge in [0.15, 0.2) is 0 Å². The molecule has 0 heterocycles. The summed E-state index contributed by atoms with van der Waals surface area (Å²) in [5.41, 5.74) is 5.20. The van der Waals surface area contributed by atoms with E-state index in [1.807, 2.05) is 13.8 Å². The number of aliphatic hydroxyl groups excluding tert-OH is 1. The summed E-state index contributed by atoms with van der Waals surface area (Å²) in [7, 11) is 0. The first-order chi connectivity index (χ1) is 8.70. The van der Waals surface area contributed by atoms with E-state index in [0.717, 1.165) is 12.1 Å². The van der Waals surface area contributed by atoms with Gasteiger partial charge in [-0.15, -0.1) is 0 Å². The first-order valence-electron chi connectivity index (χ1n) is 6.08. The van der Waals surface area contributed by atoms with Crippen LogP contribution in [0.1, 0.15) is 25.8 Å². The molecule has 0 amide bonds. The Bertz CT molecular complexity index is 419. The Morgan fingerprint density at radius 2 is 1.95 bits per heavy atom. The van der Waals surface area contributed by atoms with Crippen molar-refractivity contribution in [2.45, 2.75) is 32.5 Å². The molecule has 3 nitrogen and oxygen atoms in total. The van der Waals surface area contributed by atoms with Gasteiger partial charge in [-0.25, -0.2) is 0 Å². The van der Waals surface area contributed by atoms with Crippen LogP contribution in [0, 0.1) is 5.92 Å². The molecular weight excluding hydrogens is 257 g/mol. The third-order valence-corrected chi connectivity index (χ3v) is 2.65. The van der Waals surface area contributed by atoms with Crippen LogP contribution in [0.4, 0.5) is 24.5 Å². The van der Waals surface area contributed by atoms with E-state index in [9.17, 15) is 18.3 Å². The van der Waals surface area contributed by atoms with Crippen molar-refractivity contribution >= 4 is 11.4 Å². The lowest BCUT2D eigenvalue weighted by atomic mass is 10.1. The summed E-state index contributed by atoms with van der Waals surface area (Å²) in [4.78, 5) is 0. The Balaban J connectivity index is 2.66. The predicted molar refractivity (Wildman–Crippen MR) is 69.8 cm³/mol. The summed E-state index contributed by atoms with van der Waals surface area (Å²) in [5.74, 6) is 0.349. The van der Waals surface area contributed by atoms with Gasteiger partial charge in [-0.3, -0.25) is 0 Å². The molecule has 0 saturated carbocycles. The number of aliphatic hydroxyl groups is 1. The third-order valence-electron chi connectivity index (χ3n) is 2.65. The van der Waals surface area contributed by atoms with Gasteiger partial charge in [-0.05, 0) is 30.5 Å². The summed E-state index contributed by atoms with van der Waals surface area (Å²) < 4.78 is 37.3. The molecule has 1 rings (SSSR count). The molecule has 1 aromatic rings. The van der Waals surface area contributed by atoms with Crippen molar-refractivity contribution in [3.05, 3.63) is 23.8 Å². The molecule has 0 radical (unpaired) electrons. The maximum atomic E-state index is 12.4. The predicted octanol–water partition coefficient (Wildman–Crippen LogP) is 3.11. The Morgan fingerprint density at radius 1 is 1.32 bits per heavy atom. The van der Waals surface area contributed by atoms with Gasteiger partial charge in [0.25, 0.3) is 0 Å². The molecule has 0 aromatic heterocycles. The first kappa shape index (κ1) is 15.6. The van der Waals surface area contributed by atoms with Crippen LogP contribution in [0.3, 0.4) is 0 Å². The third kappa shape index (κ3) is 4.98. The molecule has 0 fully saturated rings. The molecule has 4 N–H and O–H groups in total. The number of rotatable bonds is 5. The lowest BCUT2D eigenvalue weighted by Gasteiger charge is -2.16. The maximum Gasteiger partial charge on any atom is 0.416 e. The molecule has 108 valence electrons. The number of halogens is 3. The highest BCUT2D eigenvalue weighted by molar-refractivity contribution is 5.67. The van der Waals surface area contributed by atoms with E-state index in [4.69, 9.17) is 5.73 Å². The van der Waals surface area contributed by atoms with Crippen molar-refractivity contribution < 1.29 is 18.3 Å². The zero-order chi connectivity index (χ0) is 14.6. The van der Waals surface area contributed by atoms with E-state index in [1.54, 1.807) is 0 Å². The zero-order valence-electron chi connectivity index (χ0n) is 11.0. The van der Waals surface area contributed by atoms with E-state index in [2.05, 4.69) is 5.32 Å². The molecule has 1 aromatic carbocycles. The highest BCUT2D eigenvalue weighted by Crippen LogP contribution is 2.32. The molecule has 0 aliphatic heterocycles. The van der Waals surface area contributed by atoms with Gasteiger partial charge in [-0.1, -0.05) is 13.8 Å². The minimum absolute atomic E-state index is 0.0200. The number of nitrogens with two attached hydrogens (primary N) is 1. The van der Waals surface area contributed by atoms with Crippen LogP contribution >= 0.6 is 0 Å². The summed E-state index contributed by atoms with van der Waals surface area (Å²) in [6.07, 6.45) is -4.33. The summed E-state index contributed by atoms with van der Waals surface area (Å²) in [5, 5.41) is 12.5. The Labute approximate surface area is 110 Å². The number of hydrogen-bond acceptors (Lipinski definition) is 3. The molecule has 0 aliphatic rings. The molecule has 0 bridgehead atoms. The van der Waals surface area contributed by atoms with Crippen LogP contribution in [0.25, 0.3) is 0 Å². The molecule has 1 atom stereocenters. The summed E-state index contributed by atoms with van der Waals surface area (Å²) in [6, 6.07) is 3.13. The molecular formula is C13H19F3N2O. The van der Waals surface area contributed by atoms with Crippen molar-refractivity contribution in [2.75, 3.05) is 17.6 Å². The van der Waals surface area contributed by atoms with E-state index >= 15 is 0 Å². The monoisotopic (exact) mass is 276 g/mol. The van der Waals surface area contributed by atoms with Gasteiger partial charge in [-0.2, -0.15) is 13.2 Å². The first-order valence-corrected chi connectivity index (χ1v) is 6.08. The fraction of sp³-hybridized carbons (Fsp3) is 0.538. The van der Waals surface area contributed by atoms with Crippen molar-refractivity contribution in [2.24, 2.45) is 5.92 Å². The second-order valence-corrected chi connectivity index (χ2v) is 4.96. The largest absolute Gasteiger partial charge is 0.416 e. The van der Waals surface area contributed by atoms with Crippen LogP contribution in [-0.4, -0.2) is 17.8 Å². The minimum Gasteiger partial charge on any atom is -0.397 e. The maximum absolute atomic E-state index is 12.4. The molecule has 0 spiro atoms. The Hall–Kier alpha value is -1.43. The van der Waals surface area contributed by atoms with Crippen LogP contribution in [0.2, 0.25) is 0 Å². The quantitative estimate of drug-likeness (QED) is 0.724. The van der Waals surface area contributed by atoms with Crippen LogP contribution < -0.4 is 11.1 Å². The van der Waals surface area contributed by atoms with Crippen molar-refractivity contribution in [1.82, 2.24) is 0 Å². The number of nitrogen functional groups attached to an aromatic ring is 1. The van der Waals surface area contributed by atoms with Crippen molar-refractivity contribution in [3.8, 4) is 0 Å². The smallest absolute Gasteiger partial charge is 0.397 e. The van der Waals surface area contributed by atoms with E-state index in [0.29, 0.717) is 18.0 Å². The van der Waals surface area contributed by atoms with Gasteiger partial charge in [0.05, 0.1) is 23.0 Å². The Morgan fingerprint density at radius 3 is 2.42 bits per heavy atom. The highest BCUT2D eigenvalue weighted by Gasteiger charge is 2.30. The lowest BCUT2D eigenvalue weighted by molar-refractivity contribution is -0.137. The minimum atomic E-state index is -4.40.